The average molecular weight is 336 g/mol. The van der Waals surface area contributed by atoms with Crippen LogP contribution in [-0.4, -0.2) is 18.3 Å². The van der Waals surface area contributed by atoms with Gasteiger partial charge in [-0.3, -0.25) is 0 Å². The van der Waals surface area contributed by atoms with Crippen LogP contribution in [-0.2, 0) is 27.2 Å². The molecule has 0 radical (unpaired) electrons. The van der Waals surface area contributed by atoms with E-state index in [4.69, 9.17) is 14.2 Å². The maximum atomic E-state index is 6.64. The van der Waals surface area contributed by atoms with E-state index in [1.54, 1.807) is 0 Å². The third-order valence-electron chi connectivity index (χ3n) is 5.90. The summed E-state index contributed by atoms with van der Waals surface area (Å²) in [5, 5.41) is 0. The van der Waals surface area contributed by atoms with E-state index in [9.17, 15) is 0 Å². The maximum Gasteiger partial charge on any atom is 0.117 e. The zero-order valence-corrected chi connectivity index (χ0v) is 14.6. The molecule has 3 aliphatic rings. The zero-order chi connectivity index (χ0) is 16.8. The lowest BCUT2D eigenvalue weighted by atomic mass is 9.94. The van der Waals surface area contributed by atoms with Gasteiger partial charge in [0.25, 0.3) is 0 Å². The molecule has 0 saturated carbocycles. The summed E-state index contributed by atoms with van der Waals surface area (Å²) < 4.78 is 19.3. The summed E-state index contributed by atoms with van der Waals surface area (Å²) in [5.74, 6) is 0. The van der Waals surface area contributed by atoms with Gasteiger partial charge in [-0.15, -0.1) is 0 Å². The van der Waals surface area contributed by atoms with Crippen molar-refractivity contribution in [1.82, 2.24) is 0 Å². The molecular formula is C22H24O3. The highest BCUT2D eigenvalue weighted by molar-refractivity contribution is 5.34. The number of rotatable bonds is 3. The highest BCUT2D eigenvalue weighted by Gasteiger charge is 2.49. The quantitative estimate of drug-likeness (QED) is 0.825. The molecule has 0 N–H and O–H groups in total. The predicted octanol–water partition coefficient (Wildman–Crippen LogP) is 4.51. The zero-order valence-electron chi connectivity index (χ0n) is 14.6. The molecule has 1 aliphatic carbocycles. The first-order valence-electron chi connectivity index (χ1n) is 9.43. The Kier molecular flexibility index (Phi) is 3.89. The van der Waals surface area contributed by atoms with Crippen LogP contribution in [0.4, 0.5) is 0 Å². The molecule has 2 heterocycles. The van der Waals surface area contributed by atoms with Crippen molar-refractivity contribution < 1.29 is 14.2 Å². The molecule has 3 nitrogen and oxygen atoms in total. The fourth-order valence-corrected chi connectivity index (χ4v) is 4.63. The van der Waals surface area contributed by atoms with Crippen molar-refractivity contribution >= 4 is 0 Å². The number of aryl methyl sites for hydroxylation is 1. The molecule has 2 aromatic rings. The first-order chi connectivity index (χ1) is 12.3. The standard InChI is InChI=1S/C22H24O3/c1-2-18-21(25-19-12-11-14-7-3-5-9-16(14)19)22-20(24-18)17-10-6-4-8-15(17)13-23-22/h3-10,18-22H,2,11-13H2,1H3/t18-,19?,20-,21+,22+/m1/s1. The van der Waals surface area contributed by atoms with Crippen LogP contribution in [0.5, 0.6) is 0 Å². The van der Waals surface area contributed by atoms with E-state index in [1.165, 1.54) is 22.3 Å². The van der Waals surface area contributed by atoms with Crippen LogP contribution < -0.4 is 0 Å². The first kappa shape index (κ1) is 15.6. The molecule has 5 atom stereocenters. The second kappa shape index (κ2) is 6.24. The van der Waals surface area contributed by atoms with Gasteiger partial charge >= 0.3 is 0 Å². The Balaban J connectivity index is 1.42. The summed E-state index contributed by atoms with van der Waals surface area (Å²) >= 11 is 0. The lowest BCUT2D eigenvalue weighted by Gasteiger charge is -2.31. The Morgan fingerprint density at radius 3 is 2.60 bits per heavy atom. The van der Waals surface area contributed by atoms with E-state index >= 15 is 0 Å². The molecule has 1 unspecified atom stereocenters. The summed E-state index contributed by atoms with van der Waals surface area (Å²) in [4.78, 5) is 0. The monoisotopic (exact) mass is 336 g/mol. The van der Waals surface area contributed by atoms with Crippen molar-refractivity contribution in [3.05, 3.63) is 70.8 Å². The molecule has 1 fully saturated rings. The van der Waals surface area contributed by atoms with Crippen molar-refractivity contribution in [2.75, 3.05) is 0 Å². The Bertz CT molecular complexity index is 771. The van der Waals surface area contributed by atoms with Gasteiger partial charge < -0.3 is 14.2 Å². The second-order valence-corrected chi connectivity index (χ2v) is 7.30. The number of hydrogen-bond donors (Lipinski definition) is 0. The SMILES string of the molecule is CC[C@H]1O[C@@H]2c3ccccc3CO[C@@H]2[C@H]1OC1CCc2ccccc21. The van der Waals surface area contributed by atoms with Gasteiger partial charge in [0, 0.05) is 0 Å². The summed E-state index contributed by atoms with van der Waals surface area (Å²) in [6.07, 6.45) is 3.34. The minimum atomic E-state index is -0.00684. The second-order valence-electron chi connectivity index (χ2n) is 7.30. The number of fused-ring (bicyclic) bond motifs is 4. The summed E-state index contributed by atoms with van der Waals surface area (Å²) in [5.41, 5.74) is 5.28. The van der Waals surface area contributed by atoms with E-state index in [-0.39, 0.29) is 30.5 Å². The van der Waals surface area contributed by atoms with Crippen LogP contribution in [0.1, 0.15) is 54.2 Å². The van der Waals surface area contributed by atoms with Gasteiger partial charge in [-0.1, -0.05) is 55.5 Å². The van der Waals surface area contributed by atoms with Crippen molar-refractivity contribution in [3.8, 4) is 0 Å². The van der Waals surface area contributed by atoms with E-state index in [0.29, 0.717) is 6.61 Å². The summed E-state index contributed by atoms with van der Waals surface area (Å²) in [6.45, 7) is 2.82. The van der Waals surface area contributed by atoms with Gasteiger partial charge in [0.1, 0.15) is 18.3 Å². The highest BCUT2D eigenvalue weighted by Crippen LogP contribution is 2.45. The van der Waals surface area contributed by atoms with E-state index in [0.717, 1.165) is 19.3 Å². The normalized spacial score (nSPS) is 32.9. The minimum absolute atomic E-state index is 0.000452. The van der Waals surface area contributed by atoms with Crippen LogP contribution in [0.2, 0.25) is 0 Å². The lowest BCUT2D eigenvalue weighted by molar-refractivity contribution is -0.107. The Hall–Kier alpha value is -1.68. The van der Waals surface area contributed by atoms with Gasteiger partial charge in [-0.05, 0) is 41.5 Å². The van der Waals surface area contributed by atoms with E-state index in [2.05, 4.69) is 55.5 Å². The molecule has 0 aromatic heterocycles. The van der Waals surface area contributed by atoms with Crippen LogP contribution in [0.25, 0.3) is 0 Å². The topological polar surface area (TPSA) is 27.7 Å². The van der Waals surface area contributed by atoms with Gasteiger partial charge in [-0.2, -0.15) is 0 Å². The summed E-state index contributed by atoms with van der Waals surface area (Å²) in [6, 6.07) is 17.1. The van der Waals surface area contributed by atoms with Crippen LogP contribution in [0.3, 0.4) is 0 Å². The minimum Gasteiger partial charge on any atom is -0.368 e. The third kappa shape index (κ3) is 2.53. The smallest absolute Gasteiger partial charge is 0.117 e. The first-order valence-corrected chi connectivity index (χ1v) is 9.43. The Morgan fingerprint density at radius 2 is 1.76 bits per heavy atom. The van der Waals surface area contributed by atoms with Gasteiger partial charge in [0.2, 0.25) is 0 Å². The molecule has 3 heteroatoms. The van der Waals surface area contributed by atoms with Gasteiger partial charge in [-0.25, -0.2) is 0 Å². The highest BCUT2D eigenvalue weighted by atomic mass is 16.6. The molecular weight excluding hydrogens is 312 g/mol. The van der Waals surface area contributed by atoms with Crippen molar-refractivity contribution in [1.29, 1.82) is 0 Å². The van der Waals surface area contributed by atoms with Crippen LogP contribution >= 0.6 is 0 Å². The average Bonchev–Trinajstić information content (AvgIpc) is 3.24. The molecule has 25 heavy (non-hydrogen) atoms. The predicted molar refractivity (Wildman–Crippen MR) is 95.3 cm³/mol. The Labute approximate surface area is 148 Å². The number of ether oxygens (including phenoxy) is 3. The molecule has 130 valence electrons. The fraction of sp³-hybridized carbons (Fsp3) is 0.455. The van der Waals surface area contributed by atoms with Crippen molar-refractivity contribution in [2.24, 2.45) is 0 Å². The Morgan fingerprint density at radius 1 is 1.00 bits per heavy atom. The maximum absolute atomic E-state index is 6.64. The molecule has 2 aromatic carbocycles. The molecule has 1 saturated heterocycles. The molecule has 0 spiro atoms. The van der Waals surface area contributed by atoms with Crippen molar-refractivity contribution in [2.45, 2.75) is 63.3 Å². The molecule has 2 aliphatic heterocycles. The van der Waals surface area contributed by atoms with Crippen LogP contribution in [0, 0.1) is 0 Å². The molecule has 0 bridgehead atoms. The number of hydrogen-bond acceptors (Lipinski definition) is 3. The van der Waals surface area contributed by atoms with Crippen LogP contribution in [0.15, 0.2) is 48.5 Å². The third-order valence-corrected chi connectivity index (χ3v) is 5.90. The van der Waals surface area contributed by atoms with E-state index in [1.807, 2.05) is 0 Å². The molecule has 5 rings (SSSR count). The van der Waals surface area contributed by atoms with E-state index < -0.39 is 0 Å². The van der Waals surface area contributed by atoms with Gasteiger partial charge in [0.05, 0.1) is 18.8 Å². The molecule has 0 amide bonds. The largest absolute Gasteiger partial charge is 0.368 e. The fourth-order valence-electron chi connectivity index (χ4n) is 4.63. The summed E-state index contributed by atoms with van der Waals surface area (Å²) in [7, 11) is 0. The van der Waals surface area contributed by atoms with Crippen molar-refractivity contribution in [3.63, 3.8) is 0 Å². The lowest BCUT2D eigenvalue weighted by Crippen LogP contribution is -2.38. The van der Waals surface area contributed by atoms with Gasteiger partial charge in [0.15, 0.2) is 0 Å². The number of benzene rings is 2.